The normalized spacial score (nSPS) is 11.1. The highest BCUT2D eigenvalue weighted by molar-refractivity contribution is 7.88. The Bertz CT molecular complexity index is 278. The lowest BCUT2D eigenvalue weighted by Crippen LogP contribution is -2.42. The van der Waals surface area contributed by atoms with Crippen LogP contribution in [-0.2, 0) is 14.9 Å². The molecule has 0 aliphatic rings. The molecule has 0 unspecified atom stereocenters. The van der Waals surface area contributed by atoms with Gasteiger partial charge in [-0.15, -0.1) is 0 Å². The molecule has 0 aliphatic carbocycles. The van der Waals surface area contributed by atoms with Crippen molar-refractivity contribution in [2.24, 2.45) is 0 Å². The molecule has 7 nitrogen and oxygen atoms in total. The van der Waals surface area contributed by atoms with Gasteiger partial charge < -0.3 is 10.1 Å². The molecule has 8 heteroatoms. The molecular formula is C7H17N3O4S. The van der Waals surface area contributed by atoms with E-state index in [9.17, 15) is 13.2 Å². The van der Waals surface area contributed by atoms with Crippen molar-refractivity contribution in [2.45, 2.75) is 13.3 Å². The lowest BCUT2D eigenvalue weighted by molar-refractivity contribution is 0.177. The number of rotatable bonds is 7. The molecule has 0 aliphatic heterocycles. The van der Waals surface area contributed by atoms with Gasteiger partial charge in [-0.05, 0) is 13.0 Å². The second-order valence-corrected chi connectivity index (χ2v) is 4.24. The van der Waals surface area contributed by atoms with Crippen molar-refractivity contribution in [3.8, 4) is 0 Å². The molecule has 0 heterocycles. The maximum atomic E-state index is 11.1. The van der Waals surface area contributed by atoms with Gasteiger partial charge in [-0.3, -0.25) is 0 Å². The summed E-state index contributed by atoms with van der Waals surface area (Å²) in [5, 5.41) is 3.00. The molecular weight excluding hydrogens is 222 g/mol. The van der Waals surface area contributed by atoms with Gasteiger partial charge in [-0.25, -0.2) is 9.52 Å². The summed E-state index contributed by atoms with van der Waals surface area (Å²) in [6.45, 7) is 3.56. The summed E-state index contributed by atoms with van der Waals surface area (Å²) in [5.74, 6) is 0. The van der Waals surface area contributed by atoms with E-state index < -0.39 is 16.3 Å². The predicted octanol–water partition coefficient (Wildman–Crippen LogP) is -0.824. The molecule has 90 valence electrons. The van der Waals surface area contributed by atoms with Crippen LogP contribution in [0, 0.1) is 0 Å². The fraction of sp³-hybridized carbons (Fsp3) is 0.857. The summed E-state index contributed by atoms with van der Waals surface area (Å²) in [6.07, 6.45) is -0.0308. The second kappa shape index (κ2) is 7.43. The zero-order valence-corrected chi connectivity index (χ0v) is 9.69. The topological polar surface area (TPSA) is 96.5 Å². The monoisotopic (exact) mass is 239 g/mol. The Kier molecular flexibility index (Phi) is 7.01. The molecule has 0 saturated heterocycles. The first-order chi connectivity index (χ1) is 7.02. The van der Waals surface area contributed by atoms with Gasteiger partial charge >= 0.3 is 16.3 Å². The number of nitrogens with one attached hydrogen (secondary N) is 3. The van der Waals surface area contributed by atoms with E-state index in [0.29, 0.717) is 6.54 Å². The van der Waals surface area contributed by atoms with Gasteiger partial charge in [0.05, 0.1) is 7.11 Å². The summed E-state index contributed by atoms with van der Waals surface area (Å²) >= 11 is 0. The first kappa shape index (κ1) is 14.1. The van der Waals surface area contributed by atoms with Crippen LogP contribution < -0.4 is 14.8 Å². The first-order valence-corrected chi connectivity index (χ1v) is 6.06. The van der Waals surface area contributed by atoms with Crippen molar-refractivity contribution >= 4 is 16.3 Å². The van der Waals surface area contributed by atoms with E-state index in [2.05, 4.69) is 14.8 Å². The van der Waals surface area contributed by atoms with Crippen LogP contribution in [0.3, 0.4) is 0 Å². The van der Waals surface area contributed by atoms with Crippen LogP contribution in [-0.4, -0.2) is 41.3 Å². The van der Waals surface area contributed by atoms with Crippen molar-refractivity contribution in [3.63, 3.8) is 0 Å². The van der Waals surface area contributed by atoms with E-state index >= 15 is 0 Å². The van der Waals surface area contributed by atoms with E-state index in [4.69, 9.17) is 0 Å². The van der Waals surface area contributed by atoms with Crippen LogP contribution in [0.25, 0.3) is 0 Å². The minimum absolute atomic E-state index is 0.215. The maximum absolute atomic E-state index is 11.1. The molecule has 0 aromatic heterocycles. The molecule has 0 aromatic rings. The van der Waals surface area contributed by atoms with Gasteiger partial charge in [0.1, 0.15) is 0 Å². The Morgan fingerprint density at radius 3 is 2.47 bits per heavy atom. The molecule has 15 heavy (non-hydrogen) atoms. The largest absolute Gasteiger partial charge is 0.452 e. The zero-order valence-electron chi connectivity index (χ0n) is 8.87. The van der Waals surface area contributed by atoms with Crippen molar-refractivity contribution in [1.82, 2.24) is 14.8 Å². The van der Waals surface area contributed by atoms with Gasteiger partial charge in [0.25, 0.3) is 0 Å². The quantitative estimate of drug-likeness (QED) is 0.504. The smallest absolute Gasteiger partial charge is 0.421 e. The second-order valence-electron chi connectivity index (χ2n) is 2.74. The minimum Gasteiger partial charge on any atom is -0.452 e. The molecule has 0 fully saturated rings. The molecule has 0 spiro atoms. The number of hydrogen-bond donors (Lipinski definition) is 3. The number of carbonyl (C=O) groups is 1. The van der Waals surface area contributed by atoms with Crippen LogP contribution in [0.1, 0.15) is 13.3 Å². The predicted molar refractivity (Wildman–Crippen MR) is 55.6 cm³/mol. The van der Waals surface area contributed by atoms with Crippen LogP contribution in [0.5, 0.6) is 0 Å². The summed E-state index contributed by atoms with van der Waals surface area (Å²) in [6, 6.07) is 0. The number of hydrogen-bond acceptors (Lipinski definition) is 5. The molecule has 0 atom stereocenters. The third-order valence-electron chi connectivity index (χ3n) is 1.42. The lowest BCUT2D eigenvalue weighted by Gasteiger charge is -2.07. The number of ether oxygens (including phenoxy) is 1. The van der Waals surface area contributed by atoms with E-state index in [1.54, 1.807) is 4.72 Å². The number of carbonyl (C=O) groups excluding carboxylic acids is 1. The van der Waals surface area contributed by atoms with Crippen LogP contribution in [0.4, 0.5) is 4.79 Å². The maximum Gasteiger partial charge on any atom is 0.421 e. The number of amides is 1. The zero-order chi connectivity index (χ0) is 11.7. The van der Waals surface area contributed by atoms with E-state index in [-0.39, 0.29) is 6.54 Å². The third kappa shape index (κ3) is 8.16. The Morgan fingerprint density at radius 1 is 1.27 bits per heavy atom. The molecule has 0 aromatic carbocycles. The average Bonchev–Trinajstić information content (AvgIpc) is 2.16. The van der Waals surface area contributed by atoms with Gasteiger partial charge in [0.2, 0.25) is 0 Å². The number of methoxy groups -OCH3 is 1. The van der Waals surface area contributed by atoms with E-state index in [1.165, 1.54) is 0 Å². The Labute approximate surface area is 89.7 Å². The molecule has 0 rings (SSSR count). The van der Waals surface area contributed by atoms with E-state index in [1.807, 2.05) is 6.92 Å². The van der Waals surface area contributed by atoms with Crippen molar-refractivity contribution in [2.75, 3.05) is 26.7 Å². The molecule has 0 bridgehead atoms. The molecule has 0 saturated carbocycles. The van der Waals surface area contributed by atoms with Gasteiger partial charge in [-0.1, -0.05) is 6.92 Å². The fourth-order valence-corrected chi connectivity index (χ4v) is 1.51. The molecule has 0 radical (unpaired) electrons. The van der Waals surface area contributed by atoms with Gasteiger partial charge in [-0.2, -0.15) is 13.1 Å². The third-order valence-corrected chi connectivity index (χ3v) is 2.44. The fourth-order valence-electron chi connectivity index (χ4n) is 0.763. The van der Waals surface area contributed by atoms with Gasteiger partial charge in [0, 0.05) is 13.1 Å². The van der Waals surface area contributed by atoms with Crippen LogP contribution in [0.15, 0.2) is 0 Å². The van der Waals surface area contributed by atoms with Crippen LogP contribution >= 0.6 is 0 Å². The molecule has 3 N–H and O–H groups in total. The van der Waals surface area contributed by atoms with Crippen LogP contribution in [0.2, 0.25) is 0 Å². The highest BCUT2D eigenvalue weighted by atomic mass is 32.2. The lowest BCUT2D eigenvalue weighted by atomic mass is 10.5. The molecule has 1 amide bonds. The van der Waals surface area contributed by atoms with Crippen molar-refractivity contribution in [1.29, 1.82) is 0 Å². The standard InChI is InChI=1S/C7H17N3O4S/c1-3-4-8-5-6-9-15(12,13)10-7(11)14-2/h8-9H,3-6H2,1-2H3,(H,10,11). The van der Waals surface area contributed by atoms with Crippen molar-refractivity contribution < 1.29 is 17.9 Å². The van der Waals surface area contributed by atoms with Crippen molar-refractivity contribution in [3.05, 3.63) is 0 Å². The highest BCUT2D eigenvalue weighted by Gasteiger charge is 2.12. The Morgan fingerprint density at radius 2 is 1.93 bits per heavy atom. The Balaban J connectivity index is 3.70. The highest BCUT2D eigenvalue weighted by Crippen LogP contribution is 1.79. The minimum atomic E-state index is -3.79. The SMILES string of the molecule is CCCNCCNS(=O)(=O)NC(=O)OC. The summed E-state index contributed by atoms with van der Waals surface area (Å²) in [5.41, 5.74) is 0. The summed E-state index contributed by atoms with van der Waals surface area (Å²) in [4.78, 5) is 10.6. The summed E-state index contributed by atoms with van der Waals surface area (Å²) < 4.78 is 30.2. The average molecular weight is 239 g/mol. The first-order valence-electron chi connectivity index (χ1n) is 4.58. The van der Waals surface area contributed by atoms with Gasteiger partial charge in [0.15, 0.2) is 0 Å². The summed E-state index contributed by atoms with van der Waals surface area (Å²) in [7, 11) is -2.70. The van der Waals surface area contributed by atoms with E-state index in [0.717, 1.165) is 20.1 Å². The Hall–Kier alpha value is -0.860.